The highest BCUT2D eigenvalue weighted by Gasteiger charge is 2.37. The lowest BCUT2D eigenvalue weighted by atomic mass is 9.96. The van der Waals surface area contributed by atoms with Crippen LogP contribution < -0.4 is 10.6 Å². The number of hydrogen-bond acceptors (Lipinski definition) is 3. The molecule has 0 spiro atoms. The van der Waals surface area contributed by atoms with Gasteiger partial charge in [0.25, 0.3) is 0 Å². The first kappa shape index (κ1) is 18.5. The van der Waals surface area contributed by atoms with Crippen LogP contribution in [0, 0.1) is 5.92 Å². The standard InChI is InChI=1S/C17H29N3O4/c1-12-14(16(22)23)9-11-20(12)15(21)8-5-10-18-17(24)19-13-6-3-2-4-7-13/h12-14H,2-11H2,1H3,(H,22,23)(H2,18,19,24). The van der Waals surface area contributed by atoms with Crippen molar-refractivity contribution in [2.75, 3.05) is 13.1 Å². The molecule has 2 aliphatic rings. The van der Waals surface area contributed by atoms with Gasteiger partial charge in [0, 0.05) is 31.6 Å². The highest BCUT2D eigenvalue weighted by molar-refractivity contribution is 5.79. The smallest absolute Gasteiger partial charge is 0.315 e. The van der Waals surface area contributed by atoms with Crippen LogP contribution in [0.1, 0.15) is 58.3 Å². The summed E-state index contributed by atoms with van der Waals surface area (Å²) in [4.78, 5) is 36.7. The number of nitrogens with zero attached hydrogens (tertiary/aromatic N) is 1. The van der Waals surface area contributed by atoms with Gasteiger partial charge in [0.1, 0.15) is 0 Å². The van der Waals surface area contributed by atoms with E-state index in [-0.39, 0.29) is 24.0 Å². The van der Waals surface area contributed by atoms with Crippen molar-refractivity contribution >= 4 is 17.9 Å². The molecular weight excluding hydrogens is 310 g/mol. The number of amides is 3. The number of hydrogen-bond donors (Lipinski definition) is 3. The van der Waals surface area contributed by atoms with E-state index >= 15 is 0 Å². The molecule has 2 rings (SSSR count). The molecule has 2 unspecified atom stereocenters. The summed E-state index contributed by atoms with van der Waals surface area (Å²) in [5.74, 6) is -1.33. The summed E-state index contributed by atoms with van der Waals surface area (Å²) in [6, 6.07) is -0.133. The molecule has 24 heavy (non-hydrogen) atoms. The molecule has 2 fully saturated rings. The Kier molecular flexibility index (Phi) is 6.87. The quantitative estimate of drug-likeness (QED) is 0.642. The molecule has 1 aliphatic carbocycles. The fourth-order valence-electron chi connectivity index (χ4n) is 3.69. The third-order valence-corrected chi connectivity index (χ3v) is 5.19. The molecule has 0 aromatic carbocycles. The minimum Gasteiger partial charge on any atom is -0.481 e. The largest absolute Gasteiger partial charge is 0.481 e. The minimum absolute atomic E-state index is 0.0271. The van der Waals surface area contributed by atoms with Gasteiger partial charge in [-0.15, -0.1) is 0 Å². The van der Waals surface area contributed by atoms with Crippen molar-refractivity contribution in [1.82, 2.24) is 15.5 Å². The molecule has 1 saturated carbocycles. The van der Waals surface area contributed by atoms with Crippen LogP contribution in [0.2, 0.25) is 0 Å². The molecule has 7 heteroatoms. The number of rotatable bonds is 6. The molecule has 0 aromatic heterocycles. The van der Waals surface area contributed by atoms with E-state index in [1.54, 1.807) is 11.8 Å². The lowest BCUT2D eigenvalue weighted by Gasteiger charge is -2.24. The van der Waals surface area contributed by atoms with E-state index in [4.69, 9.17) is 5.11 Å². The van der Waals surface area contributed by atoms with E-state index in [2.05, 4.69) is 10.6 Å². The highest BCUT2D eigenvalue weighted by Crippen LogP contribution is 2.25. The number of nitrogens with one attached hydrogen (secondary N) is 2. The van der Waals surface area contributed by atoms with Gasteiger partial charge >= 0.3 is 12.0 Å². The summed E-state index contributed by atoms with van der Waals surface area (Å²) in [5.41, 5.74) is 0. The van der Waals surface area contributed by atoms with Crippen molar-refractivity contribution < 1.29 is 19.5 Å². The SMILES string of the molecule is CC1C(C(=O)O)CCN1C(=O)CCCNC(=O)NC1CCCCC1. The van der Waals surface area contributed by atoms with E-state index < -0.39 is 11.9 Å². The van der Waals surface area contributed by atoms with Crippen molar-refractivity contribution in [3.05, 3.63) is 0 Å². The first-order valence-corrected chi connectivity index (χ1v) is 9.05. The zero-order valence-corrected chi connectivity index (χ0v) is 14.4. The van der Waals surface area contributed by atoms with Crippen molar-refractivity contribution in [3.8, 4) is 0 Å². The second-order valence-corrected chi connectivity index (χ2v) is 6.90. The van der Waals surface area contributed by atoms with Crippen molar-refractivity contribution in [3.63, 3.8) is 0 Å². The van der Waals surface area contributed by atoms with Crippen LogP contribution in [-0.4, -0.2) is 53.1 Å². The maximum atomic E-state index is 12.2. The number of carbonyl (C=O) groups excluding carboxylic acids is 2. The normalized spacial score (nSPS) is 24.6. The second kappa shape index (κ2) is 8.89. The van der Waals surface area contributed by atoms with E-state index in [0.29, 0.717) is 32.4 Å². The maximum Gasteiger partial charge on any atom is 0.315 e. The van der Waals surface area contributed by atoms with E-state index in [0.717, 1.165) is 12.8 Å². The fraction of sp³-hybridized carbons (Fsp3) is 0.824. The average molecular weight is 339 g/mol. The number of aliphatic carboxylic acids is 1. The second-order valence-electron chi connectivity index (χ2n) is 6.90. The summed E-state index contributed by atoms with van der Waals surface area (Å²) >= 11 is 0. The van der Waals surface area contributed by atoms with Gasteiger partial charge in [-0.05, 0) is 32.6 Å². The van der Waals surface area contributed by atoms with Crippen LogP contribution in [0.15, 0.2) is 0 Å². The highest BCUT2D eigenvalue weighted by atomic mass is 16.4. The van der Waals surface area contributed by atoms with Crippen LogP contribution in [0.4, 0.5) is 4.79 Å². The summed E-state index contributed by atoms with van der Waals surface area (Å²) in [7, 11) is 0. The van der Waals surface area contributed by atoms with Gasteiger partial charge in [0.15, 0.2) is 0 Å². The van der Waals surface area contributed by atoms with Crippen LogP contribution in [-0.2, 0) is 9.59 Å². The van der Waals surface area contributed by atoms with Crippen LogP contribution in [0.25, 0.3) is 0 Å². The topological polar surface area (TPSA) is 98.7 Å². The monoisotopic (exact) mass is 339 g/mol. The molecule has 0 aromatic rings. The Hall–Kier alpha value is -1.79. The Bertz CT molecular complexity index is 463. The summed E-state index contributed by atoms with van der Waals surface area (Å²) in [5, 5.41) is 14.9. The van der Waals surface area contributed by atoms with Gasteiger partial charge in [0.2, 0.25) is 5.91 Å². The van der Waals surface area contributed by atoms with Crippen molar-refractivity contribution in [1.29, 1.82) is 0 Å². The Morgan fingerprint density at radius 2 is 1.83 bits per heavy atom. The maximum absolute atomic E-state index is 12.2. The van der Waals surface area contributed by atoms with Gasteiger partial charge in [0.05, 0.1) is 5.92 Å². The van der Waals surface area contributed by atoms with E-state index in [1.165, 1.54) is 19.3 Å². The van der Waals surface area contributed by atoms with Gasteiger partial charge in [-0.25, -0.2) is 4.79 Å². The molecule has 3 N–H and O–H groups in total. The molecule has 1 saturated heterocycles. The molecule has 1 aliphatic heterocycles. The lowest BCUT2D eigenvalue weighted by Crippen LogP contribution is -2.43. The summed E-state index contributed by atoms with van der Waals surface area (Å²) in [6.45, 7) is 2.75. The Balaban J connectivity index is 1.60. The molecule has 2 atom stereocenters. The Labute approximate surface area is 143 Å². The average Bonchev–Trinajstić information content (AvgIpc) is 2.94. The van der Waals surface area contributed by atoms with Crippen LogP contribution >= 0.6 is 0 Å². The molecule has 1 heterocycles. The Morgan fingerprint density at radius 3 is 2.46 bits per heavy atom. The Morgan fingerprint density at radius 1 is 1.12 bits per heavy atom. The van der Waals surface area contributed by atoms with Crippen molar-refractivity contribution in [2.45, 2.75) is 70.4 Å². The summed E-state index contributed by atoms with van der Waals surface area (Å²) < 4.78 is 0. The minimum atomic E-state index is -0.834. The van der Waals surface area contributed by atoms with Crippen LogP contribution in [0.5, 0.6) is 0 Å². The van der Waals surface area contributed by atoms with Crippen molar-refractivity contribution in [2.24, 2.45) is 5.92 Å². The molecular formula is C17H29N3O4. The number of urea groups is 1. The van der Waals surface area contributed by atoms with Gasteiger partial charge in [-0.1, -0.05) is 19.3 Å². The molecule has 0 bridgehead atoms. The third kappa shape index (κ3) is 5.11. The molecule has 7 nitrogen and oxygen atoms in total. The number of likely N-dealkylation sites (tertiary alicyclic amines) is 1. The first-order valence-electron chi connectivity index (χ1n) is 9.05. The number of carboxylic acids is 1. The molecule has 0 radical (unpaired) electrons. The predicted molar refractivity (Wildman–Crippen MR) is 89.6 cm³/mol. The number of carboxylic acid groups (broad SMARTS) is 1. The van der Waals surface area contributed by atoms with Gasteiger partial charge in [-0.2, -0.15) is 0 Å². The molecule has 3 amide bonds. The fourth-order valence-corrected chi connectivity index (χ4v) is 3.69. The summed E-state index contributed by atoms with van der Waals surface area (Å²) in [6.07, 6.45) is 7.10. The first-order chi connectivity index (χ1) is 11.5. The number of carbonyl (C=O) groups is 3. The zero-order valence-electron chi connectivity index (χ0n) is 14.4. The van der Waals surface area contributed by atoms with Gasteiger partial charge < -0.3 is 20.6 Å². The van der Waals surface area contributed by atoms with Crippen LogP contribution in [0.3, 0.4) is 0 Å². The zero-order chi connectivity index (χ0) is 17.5. The molecule has 136 valence electrons. The lowest BCUT2D eigenvalue weighted by molar-refractivity contribution is -0.143. The predicted octanol–water partition coefficient (Wildman–Crippen LogP) is 1.72. The third-order valence-electron chi connectivity index (χ3n) is 5.19. The van der Waals surface area contributed by atoms with E-state index in [1.807, 2.05) is 0 Å². The van der Waals surface area contributed by atoms with E-state index in [9.17, 15) is 14.4 Å². The van der Waals surface area contributed by atoms with Gasteiger partial charge in [-0.3, -0.25) is 9.59 Å².